The van der Waals surface area contributed by atoms with E-state index in [4.69, 9.17) is 0 Å². The maximum absolute atomic E-state index is 12.3. The zero-order chi connectivity index (χ0) is 16.0. The van der Waals surface area contributed by atoms with Crippen molar-refractivity contribution in [1.82, 2.24) is 14.9 Å². The van der Waals surface area contributed by atoms with Crippen molar-refractivity contribution in [1.29, 1.82) is 0 Å². The molecule has 0 unspecified atom stereocenters. The summed E-state index contributed by atoms with van der Waals surface area (Å²) in [5.74, 6) is 0.778. The van der Waals surface area contributed by atoms with Gasteiger partial charge in [0, 0.05) is 25.7 Å². The topological polar surface area (TPSA) is 78.5 Å². The lowest BCUT2D eigenvalue weighted by molar-refractivity contribution is 0.173. The molecule has 0 aromatic heterocycles. The number of rotatable bonds is 7. The molecule has 0 aromatic carbocycles. The Balaban J connectivity index is 1.68. The van der Waals surface area contributed by atoms with E-state index in [0.717, 1.165) is 19.4 Å². The summed E-state index contributed by atoms with van der Waals surface area (Å²) in [7, 11) is -3.13. The smallest absolute Gasteiger partial charge is 0.317 e. The first-order valence-electron chi connectivity index (χ1n) is 8.55. The molecule has 0 radical (unpaired) electrons. The molecule has 2 aliphatic rings. The standard InChI is InChI=1S/C15H29N3O3S/c1-2-22(20,21)17-11-6-10-16-15(19)18-12-5-9-14(18)13-7-3-4-8-13/h13-14,17H,2-12H2,1H3,(H,16,19)/t14-/m1/s1. The number of amides is 2. The Labute approximate surface area is 134 Å². The number of likely N-dealkylation sites (tertiary alicyclic amines) is 1. The van der Waals surface area contributed by atoms with Crippen LogP contribution in [0.15, 0.2) is 0 Å². The Kier molecular flexibility index (Phi) is 6.50. The van der Waals surface area contributed by atoms with Gasteiger partial charge in [0.2, 0.25) is 10.0 Å². The molecule has 0 bridgehead atoms. The van der Waals surface area contributed by atoms with Crippen molar-refractivity contribution in [2.45, 2.75) is 57.9 Å². The summed E-state index contributed by atoms with van der Waals surface area (Å²) in [6, 6.07) is 0.439. The first-order chi connectivity index (χ1) is 10.5. The van der Waals surface area contributed by atoms with Crippen LogP contribution in [0.4, 0.5) is 4.79 Å². The lowest BCUT2D eigenvalue weighted by atomic mass is 9.96. The average Bonchev–Trinajstić information content (AvgIpc) is 3.17. The quantitative estimate of drug-likeness (QED) is 0.697. The second-order valence-corrected chi connectivity index (χ2v) is 8.43. The van der Waals surface area contributed by atoms with Gasteiger partial charge >= 0.3 is 6.03 Å². The van der Waals surface area contributed by atoms with E-state index in [1.54, 1.807) is 6.92 Å². The summed E-state index contributed by atoms with van der Waals surface area (Å²) < 4.78 is 25.1. The second kappa shape index (κ2) is 8.15. The number of carbonyl (C=O) groups is 1. The molecule has 0 aromatic rings. The number of sulfonamides is 1. The van der Waals surface area contributed by atoms with E-state index in [1.165, 1.54) is 25.7 Å². The highest BCUT2D eigenvalue weighted by Crippen LogP contribution is 2.35. The van der Waals surface area contributed by atoms with Crippen molar-refractivity contribution in [2.75, 3.05) is 25.4 Å². The van der Waals surface area contributed by atoms with E-state index < -0.39 is 10.0 Å². The van der Waals surface area contributed by atoms with Gasteiger partial charge in [-0.15, -0.1) is 0 Å². The van der Waals surface area contributed by atoms with Gasteiger partial charge < -0.3 is 10.2 Å². The molecule has 128 valence electrons. The lowest BCUT2D eigenvalue weighted by Crippen LogP contribution is -2.45. The maximum Gasteiger partial charge on any atom is 0.317 e. The van der Waals surface area contributed by atoms with Gasteiger partial charge in [-0.2, -0.15) is 0 Å². The summed E-state index contributed by atoms with van der Waals surface area (Å²) in [6.45, 7) is 3.36. The largest absolute Gasteiger partial charge is 0.338 e. The predicted octanol–water partition coefficient (Wildman–Crippen LogP) is 1.68. The van der Waals surface area contributed by atoms with Crippen LogP contribution in [0.2, 0.25) is 0 Å². The summed E-state index contributed by atoms with van der Waals surface area (Å²) in [5.41, 5.74) is 0. The van der Waals surface area contributed by atoms with E-state index in [-0.39, 0.29) is 11.8 Å². The van der Waals surface area contributed by atoms with Gasteiger partial charge in [-0.3, -0.25) is 0 Å². The third-order valence-corrected chi connectivity index (χ3v) is 6.24. The highest BCUT2D eigenvalue weighted by Gasteiger charge is 2.35. The molecule has 6 nitrogen and oxygen atoms in total. The van der Waals surface area contributed by atoms with E-state index in [2.05, 4.69) is 10.0 Å². The summed E-state index contributed by atoms with van der Waals surface area (Å²) in [4.78, 5) is 14.3. The van der Waals surface area contributed by atoms with Gasteiger partial charge in [-0.1, -0.05) is 12.8 Å². The van der Waals surface area contributed by atoms with Crippen molar-refractivity contribution in [3.63, 3.8) is 0 Å². The molecule has 1 aliphatic carbocycles. The molecule has 22 heavy (non-hydrogen) atoms. The van der Waals surface area contributed by atoms with Crippen LogP contribution < -0.4 is 10.0 Å². The Morgan fingerprint density at radius 1 is 1.14 bits per heavy atom. The Bertz CT molecular complexity index is 461. The Hall–Kier alpha value is -0.820. The van der Waals surface area contributed by atoms with E-state index in [1.807, 2.05) is 4.90 Å². The number of nitrogens with one attached hydrogen (secondary N) is 2. The van der Waals surface area contributed by atoms with Gasteiger partial charge in [0.25, 0.3) is 0 Å². The van der Waals surface area contributed by atoms with Gasteiger partial charge in [0.05, 0.1) is 5.75 Å². The fraction of sp³-hybridized carbons (Fsp3) is 0.933. The van der Waals surface area contributed by atoms with Gasteiger partial charge in [0.15, 0.2) is 0 Å². The number of hydrogen-bond acceptors (Lipinski definition) is 3. The minimum Gasteiger partial charge on any atom is -0.338 e. The van der Waals surface area contributed by atoms with E-state index >= 15 is 0 Å². The fourth-order valence-corrected chi connectivity index (χ4v) is 4.25. The van der Waals surface area contributed by atoms with E-state index in [9.17, 15) is 13.2 Å². The number of nitrogens with zero attached hydrogens (tertiary/aromatic N) is 1. The van der Waals surface area contributed by atoms with Crippen LogP contribution in [0.5, 0.6) is 0 Å². The predicted molar refractivity (Wildman–Crippen MR) is 87.2 cm³/mol. The number of hydrogen-bond donors (Lipinski definition) is 2. The zero-order valence-electron chi connectivity index (χ0n) is 13.5. The Morgan fingerprint density at radius 2 is 1.86 bits per heavy atom. The molecule has 1 atom stereocenters. The normalized spacial score (nSPS) is 23.1. The van der Waals surface area contributed by atoms with Crippen LogP contribution in [0.25, 0.3) is 0 Å². The third kappa shape index (κ3) is 4.84. The monoisotopic (exact) mass is 331 g/mol. The van der Waals surface area contributed by atoms with E-state index in [0.29, 0.717) is 31.5 Å². The molecule has 1 saturated carbocycles. The minimum absolute atomic E-state index is 0.0211. The van der Waals surface area contributed by atoms with Crippen molar-refractivity contribution in [3.8, 4) is 0 Å². The number of carbonyl (C=O) groups excluding carboxylic acids is 1. The first kappa shape index (κ1) is 17.5. The summed E-state index contributed by atoms with van der Waals surface area (Å²) in [6.07, 6.45) is 7.97. The fourth-order valence-electron chi connectivity index (χ4n) is 3.59. The first-order valence-corrected chi connectivity index (χ1v) is 10.2. The molecular weight excluding hydrogens is 302 g/mol. The van der Waals surface area contributed by atoms with Crippen molar-refractivity contribution < 1.29 is 13.2 Å². The molecule has 7 heteroatoms. The van der Waals surface area contributed by atoms with Crippen LogP contribution >= 0.6 is 0 Å². The highest BCUT2D eigenvalue weighted by atomic mass is 32.2. The summed E-state index contributed by atoms with van der Waals surface area (Å²) in [5, 5.41) is 2.93. The van der Waals surface area contributed by atoms with Crippen LogP contribution in [-0.4, -0.2) is 50.8 Å². The van der Waals surface area contributed by atoms with Crippen molar-refractivity contribution >= 4 is 16.1 Å². The van der Waals surface area contributed by atoms with Crippen LogP contribution in [0, 0.1) is 5.92 Å². The van der Waals surface area contributed by atoms with Crippen LogP contribution in [0.3, 0.4) is 0 Å². The molecule has 2 N–H and O–H groups in total. The number of urea groups is 1. The zero-order valence-corrected chi connectivity index (χ0v) is 14.3. The molecular formula is C15H29N3O3S. The molecule has 2 amide bonds. The summed E-state index contributed by atoms with van der Waals surface area (Å²) >= 11 is 0. The average molecular weight is 331 g/mol. The third-order valence-electron chi connectivity index (χ3n) is 4.84. The molecule has 1 aliphatic heterocycles. The van der Waals surface area contributed by atoms with Gasteiger partial charge in [-0.05, 0) is 44.9 Å². The van der Waals surface area contributed by atoms with Crippen LogP contribution in [0.1, 0.15) is 51.9 Å². The van der Waals surface area contributed by atoms with Crippen LogP contribution in [-0.2, 0) is 10.0 Å². The lowest BCUT2D eigenvalue weighted by Gasteiger charge is -2.29. The van der Waals surface area contributed by atoms with Crippen molar-refractivity contribution in [2.24, 2.45) is 5.92 Å². The molecule has 2 fully saturated rings. The minimum atomic E-state index is -3.13. The molecule has 2 rings (SSSR count). The molecule has 1 heterocycles. The van der Waals surface area contributed by atoms with Gasteiger partial charge in [-0.25, -0.2) is 17.9 Å². The molecule has 1 saturated heterocycles. The maximum atomic E-state index is 12.3. The second-order valence-electron chi connectivity index (χ2n) is 6.33. The van der Waals surface area contributed by atoms with Gasteiger partial charge in [0.1, 0.15) is 0 Å². The Morgan fingerprint density at radius 3 is 2.55 bits per heavy atom. The molecule has 0 spiro atoms. The SMILES string of the molecule is CCS(=O)(=O)NCCCNC(=O)N1CCC[C@@H]1C1CCCC1. The van der Waals surface area contributed by atoms with Crippen molar-refractivity contribution in [3.05, 3.63) is 0 Å². The highest BCUT2D eigenvalue weighted by molar-refractivity contribution is 7.89.